The van der Waals surface area contributed by atoms with Crippen LogP contribution in [0.25, 0.3) is 0 Å². The van der Waals surface area contributed by atoms with E-state index in [0.29, 0.717) is 11.3 Å². The van der Waals surface area contributed by atoms with Crippen LogP contribution in [0.2, 0.25) is 0 Å². The van der Waals surface area contributed by atoms with Crippen molar-refractivity contribution < 1.29 is 27.2 Å². The van der Waals surface area contributed by atoms with Gasteiger partial charge in [-0.15, -0.1) is 13.2 Å². The van der Waals surface area contributed by atoms with Crippen molar-refractivity contribution in [3.05, 3.63) is 41.7 Å². The Morgan fingerprint density at radius 3 is 2.48 bits per heavy atom. The van der Waals surface area contributed by atoms with Crippen molar-refractivity contribution in [3.8, 4) is 5.75 Å². The van der Waals surface area contributed by atoms with Gasteiger partial charge in [-0.3, -0.25) is 5.32 Å². The van der Waals surface area contributed by atoms with Crippen LogP contribution in [0, 0.1) is 6.92 Å². The fourth-order valence-corrected chi connectivity index (χ4v) is 1.82. The molecule has 0 aliphatic rings. The lowest BCUT2D eigenvalue weighted by Crippen LogP contribution is -2.31. The van der Waals surface area contributed by atoms with Gasteiger partial charge in [0.1, 0.15) is 11.5 Å². The van der Waals surface area contributed by atoms with Crippen LogP contribution in [-0.4, -0.2) is 17.6 Å². The summed E-state index contributed by atoms with van der Waals surface area (Å²) in [6.45, 7) is 3.37. The molecule has 0 unspecified atom stereocenters. The number of benzene rings is 1. The molecule has 1 atom stereocenters. The Kier molecular flexibility index (Phi) is 4.77. The minimum Gasteiger partial charge on any atom is -0.406 e. The van der Waals surface area contributed by atoms with Crippen LogP contribution >= 0.6 is 0 Å². The number of alkyl halides is 3. The van der Waals surface area contributed by atoms with Crippen LogP contribution in [0.3, 0.4) is 0 Å². The van der Waals surface area contributed by atoms with Gasteiger partial charge in [-0.1, -0.05) is 17.3 Å². The van der Waals surface area contributed by atoms with Crippen molar-refractivity contribution in [3.63, 3.8) is 0 Å². The number of urea groups is 1. The number of hydrogen-bond acceptors (Lipinski definition) is 4. The molecule has 1 aromatic carbocycles. The summed E-state index contributed by atoms with van der Waals surface area (Å²) in [5, 5.41) is 8.72. The number of rotatable bonds is 4. The second-order valence-corrected chi connectivity index (χ2v) is 4.76. The summed E-state index contributed by atoms with van der Waals surface area (Å²) in [7, 11) is 0. The van der Waals surface area contributed by atoms with Crippen LogP contribution in [0.1, 0.15) is 24.3 Å². The van der Waals surface area contributed by atoms with Crippen LogP contribution in [0.5, 0.6) is 5.75 Å². The Balaban J connectivity index is 1.92. The number of amides is 2. The molecule has 0 aliphatic carbocycles. The standard InChI is InChI=1S/C14H14F3N3O3/c1-8-7-12(20-23-8)19-13(21)18-9(2)10-3-5-11(6-4-10)22-14(15,16)17/h3-7,9H,1-2H3,(H2,18,19,20,21)/t9-/m1/s1. The van der Waals surface area contributed by atoms with Crippen molar-refractivity contribution in [2.24, 2.45) is 0 Å². The summed E-state index contributed by atoms with van der Waals surface area (Å²) in [6.07, 6.45) is -4.74. The van der Waals surface area contributed by atoms with Gasteiger partial charge in [0.15, 0.2) is 5.82 Å². The van der Waals surface area contributed by atoms with E-state index in [0.717, 1.165) is 0 Å². The Labute approximate surface area is 129 Å². The summed E-state index contributed by atoms with van der Waals surface area (Å²) in [5.41, 5.74) is 0.617. The van der Waals surface area contributed by atoms with Gasteiger partial charge in [0.2, 0.25) is 0 Å². The highest BCUT2D eigenvalue weighted by molar-refractivity contribution is 5.88. The lowest BCUT2D eigenvalue weighted by molar-refractivity contribution is -0.274. The predicted octanol–water partition coefficient (Wildman–Crippen LogP) is 3.76. The van der Waals surface area contributed by atoms with Gasteiger partial charge < -0.3 is 14.6 Å². The second kappa shape index (κ2) is 6.59. The number of hydrogen-bond donors (Lipinski definition) is 2. The lowest BCUT2D eigenvalue weighted by atomic mass is 10.1. The van der Waals surface area contributed by atoms with E-state index >= 15 is 0 Å². The molecule has 0 radical (unpaired) electrons. The molecule has 9 heteroatoms. The normalized spacial score (nSPS) is 12.6. The van der Waals surface area contributed by atoms with Gasteiger partial charge in [0, 0.05) is 6.07 Å². The Hall–Kier alpha value is -2.71. The van der Waals surface area contributed by atoms with E-state index in [1.807, 2.05) is 0 Å². The summed E-state index contributed by atoms with van der Waals surface area (Å²) in [5.74, 6) is 0.491. The zero-order valence-electron chi connectivity index (χ0n) is 12.3. The number of ether oxygens (including phenoxy) is 1. The summed E-state index contributed by atoms with van der Waals surface area (Å²) in [4.78, 5) is 11.8. The molecule has 1 heterocycles. The zero-order chi connectivity index (χ0) is 17.0. The molecule has 1 aromatic heterocycles. The average Bonchev–Trinajstić information content (AvgIpc) is 2.82. The monoisotopic (exact) mass is 329 g/mol. The van der Waals surface area contributed by atoms with Crippen molar-refractivity contribution in [2.45, 2.75) is 26.3 Å². The topological polar surface area (TPSA) is 76.4 Å². The predicted molar refractivity (Wildman–Crippen MR) is 74.9 cm³/mol. The largest absolute Gasteiger partial charge is 0.573 e. The SMILES string of the molecule is Cc1cc(NC(=O)N[C@H](C)c2ccc(OC(F)(F)F)cc2)no1. The maximum Gasteiger partial charge on any atom is 0.573 e. The Bertz CT molecular complexity index is 668. The van der Waals surface area contributed by atoms with Gasteiger partial charge in [0.05, 0.1) is 6.04 Å². The first-order valence-corrected chi connectivity index (χ1v) is 6.59. The third kappa shape index (κ3) is 5.20. The van der Waals surface area contributed by atoms with E-state index in [-0.39, 0.29) is 11.6 Å². The fraction of sp³-hybridized carbons (Fsp3) is 0.286. The van der Waals surface area contributed by atoms with Crippen molar-refractivity contribution in [2.75, 3.05) is 5.32 Å². The van der Waals surface area contributed by atoms with Gasteiger partial charge >= 0.3 is 12.4 Å². The number of aromatic nitrogens is 1. The van der Waals surface area contributed by atoms with Gasteiger partial charge in [-0.05, 0) is 31.5 Å². The second-order valence-electron chi connectivity index (χ2n) is 4.76. The van der Waals surface area contributed by atoms with Crippen molar-refractivity contribution in [1.82, 2.24) is 10.5 Å². The molecule has 0 fully saturated rings. The number of carbonyl (C=O) groups is 1. The summed E-state index contributed by atoms with van der Waals surface area (Å²) >= 11 is 0. The number of halogens is 3. The van der Waals surface area contributed by atoms with Crippen LogP contribution in [0.15, 0.2) is 34.9 Å². The third-order valence-corrected chi connectivity index (χ3v) is 2.83. The number of nitrogens with one attached hydrogen (secondary N) is 2. The molecule has 2 aromatic rings. The van der Waals surface area contributed by atoms with E-state index < -0.39 is 18.4 Å². The first-order chi connectivity index (χ1) is 10.7. The first kappa shape index (κ1) is 16.7. The van der Waals surface area contributed by atoms with Crippen molar-refractivity contribution in [1.29, 1.82) is 0 Å². The molecule has 0 aliphatic heterocycles. The minimum atomic E-state index is -4.74. The molecule has 0 bridgehead atoms. The number of aryl methyl sites for hydroxylation is 1. The molecule has 2 rings (SSSR count). The van der Waals surface area contributed by atoms with E-state index in [1.54, 1.807) is 19.9 Å². The first-order valence-electron chi connectivity index (χ1n) is 6.59. The summed E-state index contributed by atoms with van der Waals surface area (Å²) < 4.78 is 44.8. The molecular formula is C14H14F3N3O3. The number of nitrogens with zero attached hydrogens (tertiary/aromatic N) is 1. The molecule has 124 valence electrons. The molecule has 0 spiro atoms. The smallest absolute Gasteiger partial charge is 0.406 e. The maximum atomic E-state index is 12.1. The molecule has 0 saturated carbocycles. The van der Waals surface area contributed by atoms with Crippen LogP contribution in [0.4, 0.5) is 23.8 Å². The third-order valence-electron chi connectivity index (χ3n) is 2.83. The van der Waals surface area contributed by atoms with E-state index in [4.69, 9.17) is 4.52 Å². The zero-order valence-corrected chi connectivity index (χ0v) is 12.3. The highest BCUT2D eigenvalue weighted by Crippen LogP contribution is 2.24. The summed E-state index contributed by atoms with van der Waals surface area (Å²) in [6, 6.07) is 5.84. The Morgan fingerprint density at radius 2 is 1.96 bits per heavy atom. The quantitative estimate of drug-likeness (QED) is 0.895. The number of anilines is 1. The lowest BCUT2D eigenvalue weighted by Gasteiger charge is -2.15. The average molecular weight is 329 g/mol. The van der Waals surface area contributed by atoms with E-state index in [9.17, 15) is 18.0 Å². The minimum absolute atomic E-state index is 0.265. The highest BCUT2D eigenvalue weighted by Gasteiger charge is 2.31. The molecule has 6 nitrogen and oxygen atoms in total. The van der Waals surface area contributed by atoms with Gasteiger partial charge in [0.25, 0.3) is 0 Å². The highest BCUT2D eigenvalue weighted by atomic mass is 19.4. The number of carbonyl (C=O) groups excluding carboxylic acids is 1. The molecule has 2 amide bonds. The fourth-order valence-electron chi connectivity index (χ4n) is 1.82. The van der Waals surface area contributed by atoms with Crippen molar-refractivity contribution >= 4 is 11.8 Å². The van der Waals surface area contributed by atoms with Gasteiger partial charge in [-0.25, -0.2) is 4.79 Å². The van der Waals surface area contributed by atoms with E-state index in [1.165, 1.54) is 24.3 Å². The van der Waals surface area contributed by atoms with Crippen LogP contribution in [-0.2, 0) is 0 Å². The Morgan fingerprint density at radius 1 is 1.30 bits per heavy atom. The molecule has 23 heavy (non-hydrogen) atoms. The maximum absolute atomic E-state index is 12.1. The molecule has 0 saturated heterocycles. The molecular weight excluding hydrogens is 315 g/mol. The van der Waals surface area contributed by atoms with E-state index in [2.05, 4.69) is 20.5 Å². The van der Waals surface area contributed by atoms with Gasteiger partial charge in [-0.2, -0.15) is 0 Å². The molecule has 2 N–H and O–H groups in total. The van der Waals surface area contributed by atoms with Crippen LogP contribution < -0.4 is 15.4 Å².